The van der Waals surface area contributed by atoms with Gasteiger partial charge in [0.15, 0.2) is 0 Å². The Balaban J connectivity index is 2.21. The molecule has 0 aliphatic carbocycles. The van der Waals surface area contributed by atoms with Crippen molar-refractivity contribution in [3.05, 3.63) is 35.9 Å². The first-order valence-electron chi connectivity index (χ1n) is 5.91. The van der Waals surface area contributed by atoms with Crippen molar-refractivity contribution in [1.29, 1.82) is 5.26 Å². The van der Waals surface area contributed by atoms with Gasteiger partial charge >= 0.3 is 10.2 Å². The number of rotatable bonds is 1. The Morgan fingerprint density at radius 1 is 1.24 bits per heavy atom. The zero-order valence-electron chi connectivity index (χ0n) is 10.6. The third-order valence-electron chi connectivity index (χ3n) is 3.15. The number of hydrogen-bond donors (Lipinski definition) is 2. The van der Waals surface area contributed by atoms with Gasteiger partial charge < -0.3 is 5.11 Å². The maximum absolute atomic E-state index is 11.8. The summed E-state index contributed by atoms with van der Waals surface area (Å²) in [4.78, 5) is 11.3. The number of carbonyl (C=O) groups is 1. The van der Waals surface area contributed by atoms with E-state index in [9.17, 15) is 18.3 Å². The topological polar surface area (TPSA) is 110 Å². The van der Waals surface area contributed by atoms with Crippen LogP contribution in [0.5, 0.6) is 5.75 Å². The van der Waals surface area contributed by atoms with Crippen LogP contribution in [-0.4, -0.2) is 26.0 Å². The number of carbonyl (C=O) groups excluding carboxylic acids is 1. The Bertz CT molecular complexity index is 915. The average Bonchev–Trinajstić information content (AvgIpc) is 2.70. The van der Waals surface area contributed by atoms with Gasteiger partial charge in [0.05, 0.1) is 17.3 Å². The van der Waals surface area contributed by atoms with E-state index in [1.807, 2.05) is 10.8 Å². The molecule has 2 aromatic rings. The van der Waals surface area contributed by atoms with Crippen LogP contribution in [0.25, 0.3) is 10.8 Å². The number of benzene rings is 2. The van der Waals surface area contributed by atoms with Crippen LogP contribution < -0.4 is 9.03 Å². The fraction of sp³-hybridized carbons (Fsp3) is 0.0769. The minimum Gasteiger partial charge on any atom is -0.506 e. The van der Waals surface area contributed by atoms with E-state index in [1.54, 1.807) is 18.2 Å². The SMILES string of the molecule is N#Cc1ccc2cc(O)c(N3CC(=O)NS3(=O)=O)cc2c1. The minimum atomic E-state index is -3.99. The Morgan fingerprint density at radius 3 is 2.62 bits per heavy atom. The molecular formula is C13H9N3O4S. The first-order valence-corrected chi connectivity index (χ1v) is 7.35. The molecule has 8 heteroatoms. The molecule has 0 saturated carbocycles. The van der Waals surface area contributed by atoms with Gasteiger partial charge in [0, 0.05) is 0 Å². The van der Waals surface area contributed by atoms with Gasteiger partial charge in [-0.2, -0.15) is 13.7 Å². The Hall–Kier alpha value is -2.79. The van der Waals surface area contributed by atoms with Crippen LogP contribution in [0.1, 0.15) is 5.56 Å². The summed E-state index contributed by atoms with van der Waals surface area (Å²) in [6.45, 7) is -0.390. The second-order valence-electron chi connectivity index (χ2n) is 4.55. The summed E-state index contributed by atoms with van der Waals surface area (Å²) in [6, 6.07) is 9.64. The predicted molar refractivity (Wildman–Crippen MR) is 74.7 cm³/mol. The summed E-state index contributed by atoms with van der Waals surface area (Å²) < 4.78 is 26.3. The molecule has 2 aromatic carbocycles. The van der Waals surface area contributed by atoms with Crippen LogP contribution in [0, 0.1) is 11.3 Å². The second kappa shape index (κ2) is 4.36. The lowest BCUT2D eigenvalue weighted by molar-refractivity contribution is -0.117. The number of aromatic hydroxyl groups is 1. The summed E-state index contributed by atoms with van der Waals surface area (Å²) in [7, 11) is -3.99. The third-order valence-corrected chi connectivity index (χ3v) is 4.54. The van der Waals surface area contributed by atoms with Gasteiger partial charge in [-0.25, -0.2) is 9.03 Å². The van der Waals surface area contributed by atoms with Gasteiger partial charge in [0.25, 0.3) is 5.91 Å². The Morgan fingerprint density at radius 2 is 2.00 bits per heavy atom. The highest BCUT2D eigenvalue weighted by Crippen LogP contribution is 2.34. The largest absolute Gasteiger partial charge is 0.506 e. The molecule has 1 aliphatic heterocycles. The van der Waals surface area contributed by atoms with Gasteiger partial charge in [-0.15, -0.1) is 0 Å². The zero-order chi connectivity index (χ0) is 15.2. The van der Waals surface area contributed by atoms with Crippen molar-refractivity contribution in [3.63, 3.8) is 0 Å². The van der Waals surface area contributed by atoms with Gasteiger partial charge in [-0.05, 0) is 35.0 Å². The van der Waals surface area contributed by atoms with Gasteiger partial charge in [0.1, 0.15) is 12.3 Å². The third kappa shape index (κ3) is 2.13. The molecule has 1 amide bonds. The number of phenolic OH excluding ortho intramolecular Hbond substituents is 1. The molecule has 2 N–H and O–H groups in total. The molecule has 106 valence electrons. The average molecular weight is 303 g/mol. The standard InChI is InChI=1S/C13H9N3O4S/c14-6-8-1-2-9-5-12(17)11(4-10(9)3-8)16-7-13(18)15-21(16,19)20/h1-5,17H,7H2,(H,15,18). The van der Waals surface area contributed by atoms with Crippen LogP contribution in [-0.2, 0) is 15.0 Å². The molecule has 0 atom stereocenters. The lowest BCUT2D eigenvalue weighted by Crippen LogP contribution is -2.29. The summed E-state index contributed by atoms with van der Waals surface area (Å²) in [5.74, 6) is -0.924. The highest BCUT2D eigenvalue weighted by molar-refractivity contribution is 7.92. The van der Waals surface area contributed by atoms with Crippen molar-refractivity contribution in [1.82, 2.24) is 4.72 Å². The number of nitrogens with zero attached hydrogens (tertiary/aromatic N) is 2. The lowest BCUT2D eigenvalue weighted by Gasteiger charge is -2.16. The monoisotopic (exact) mass is 303 g/mol. The molecule has 7 nitrogen and oxygen atoms in total. The van der Waals surface area contributed by atoms with Gasteiger partial charge in [-0.3, -0.25) is 4.79 Å². The Labute approximate surface area is 120 Å². The van der Waals surface area contributed by atoms with Crippen LogP contribution in [0.4, 0.5) is 5.69 Å². The predicted octanol–water partition coefficient (Wildman–Crippen LogP) is 0.598. The lowest BCUT2D eigenvalue weighted by atomic mass is 10.1. The molecule has 1 heterocycles. The normalized spacial score (nSPS) is 16.7. The number of hydrogen-bond acceptors (Lipinski definition) is 5. The van der Waals surface area contributed by atoms with Crippen molar-refractivity contribution in [2.24, 2.45) is 0 Å². The number of nitriles is 1. The number of phenols is 1. The summed E-state index contributed by atoms with van der Waals surface area (Å²) >= 11 is 0. The van der Waals surface area contributed by atoms with Crippen molar-refractivity contribution >= 4 is 32.6 Å². The van der Waals surface area contributed by atoms with E-state index in [2.05, 4.69) is 0 Å². The molecule has 0 unspecified atom stereocenters. The van der Waals surface area contributed by atoms with E-state index < -0.39 is 16.1 Å². The fourth-order valence-electron chi connectivity index (χ4n) is 2.20. The molecule has 1 aliphatic rings. The summed E-state index contributed by atoms with van der Waals surface area (Å²) in [5, 5.41) is 20.1. The molecule has 0 spiro atoms. The molecule has 0 bridgehead atoms. The minimum absolute atomic E-state index is 0.00376. The van der Waals surface area contributed by atoms with Crippen molar-refractivity contribution in [2.45, 2.75) is 0 Å². The van der Waals surface area contributed by atoms with Crippen LogP contribution in [0.3, 0.4) is 0 Å². The van der Waals surface area contributed by atoms with E-state index in [0.717, 1.165) is 4.31 Å². The Kier molecular flexibility index (Phi) is 2.74. The molecule has 21 heavy (non-hydrogen) atoms. The van der Waals surface area contributed by atoms with Crippen LogP contribution >= 0.6 is 0 Å². The number of amides is 1. The number of fused-ring (bicyclic) bond motifs is 1. The second-order valence-corrected chi connectivity index (χ2v) is 6.15. The first kappa shape index (κ1) is 13.2. The van der Waals surface area contributed by atoms with Crippen molar-refractivity contribution < 1.29 is 18.3 Å². The van der Waals surface area contributed by atoms with E-state index in [1.165, 1.54) is 12.1 Å². The van der Waals surface area contributed by atoms with Crippen LogP contribution in [0.2, 0.25) is 0 Å². The number of nitrogens with one attached hydrogen (secondary N) is 1. The van der Waals surface area contributed by atoms with Crippen molar-refractivity contribution in [3.8, 4) is 11.8 Å². The molecular weight excluding hydrogens is 294 g/mol. The zero-order valence-corrected chi connectivity index (χ0v) is 11.4. The van der Waals surface area contributed by atoms with E-state index >= 15 is 0 Å². The van der Waals surface area contributed by atoms with E-state index in [4.69, 9.17) is 5.26 Å². The maximum atomic E-state index is 11.8. The van der Waals surface area contributed by atoms with E-state index in [0.29, 0.717) is 16.3 Å². The van der Waals surface area contributed by atoms with Gasteiger partial charge in [-0.1, -0.05) is 6.07 Å². The number of anilines is 1. The smallest absolute Gasteiger partial charge is 0.326 e. The summed E-state index contributed by atoms with van der Waals surface area (Å²) in [5.41, 5.74) is 0.411. The fourth-order valence-corrected chi connectivity index (χ4v) is 3.36. The first-order chi connectivity index (χ1) is 9.90. The molecule has 0 radical (unpaired) electrons. The highest BCUT2D eigenvalue weighted by Gasteiger charge is 2.35. The maximum Gasteiger partial charge on any atom is 0.326 e. The highest BCUT2D eigenvalue weighted by atomic mass is 32.2. The van der Waals surface area contributed by atoms with E-state index in [-0.39, 0.29) is 18.0 Å². The molecule has 3 rings (SSSR count). The molecule has 1 fully saturated rings. The molecule has 1 saturated heterocycles. The molecule has 0 aromatic heterocycles. The summed E-state index contributed by atoms with van der Waals surface area (Å²) in [6.07, 6.45) is 0. The van der Waals surface area contributed by atoms with Crippen molar-refractivity contribution in [2.75, 3.05) is 10.8 Å². The van der Waals surface area contributed by atoms with Crippen LogP contribution in [0.15, 0.2) is 30.3 Å². The quantitative estimate of drug-likeness (QED) is 0.801. The van der Waals surface area contributed by atoms with Gasteiger partial charge in [0.2, 0.25) is 0 Å².